The van der Waals surface area contributed by atoms with Crippen molar-refractivity contribution in [1.29, 1.82) is 0 Å². The number of sulfone groups is 1. The third kappa shape index (κ3) is 5.00. The molecule has 0 N–H and O–H groups in total. The third-order valence-electron chi connectivity index (χ3n) is 4.49. The summed E-state index contributed by atoms with van der Waals surface area (Å²) in [5.74, 6) is -0.189. The van der Waals surface area contributed by atoms with Gasteiger partial charge in [-0.2, -0.15) is 4.99 Å². The first-order valence-electron chi connectivity index (χ1n) is 9.48. The Bertz CT molecular complexity index is 1350. The lowest BCUT2D eigenvalue weighted by Gasteiger charge is -2.09. The highest BCUT2D eigenvalue weighted by atomic mass is 32.2. The van der Waals surface area contributed by atoms with Crippen LogP contribution in [0.15, 0.2) is 46.3 Å². The van der Waals surface area contributed by atoms with E-state index in [1.807, 2.05) is 0 Å². The second-order valence-corrected chi connectivity index (χ2v) is 9.69. The summed E-state index contributed by atoms with van der Waals surface area (Å²) in [6.45, 7) is 1.74. The summed E-state index contributed by atoms with van der Waals surface area (Å²) in [5.41, 5.74) is 0.723. The average molecular weight is 479 g/mol. The summed E-state index contributed by atoms with van der Waals surface area (Å²) < 4.78 is 41.7. The Kier molecular flexibility index (Phi) is 6.99. The quantitative estimate of drug-likeness (QED) is 0.479. The van der Waals surface area contributed by atoms with Crippen molar-refractivity contribution in [3.8, 4) is 11.5 Å². The fourth-order valence-electron chi connectivity index (χ4n) is 2.98. The number of benzene rings is 2. The molecular formula is C21H22N2O7S2. The molecule has 0 aliphatic heterocycles. The van der Waals surface area contributed by atoms with Crippen LogP contribution in [-0.4, -0.2) is 51.9 Å². The molecule has 0 atom stereocenters. The van der Waals surface area contributed by atoms with Crippen molar-refractivity contribution in [3.63, 3.8) is 0 Å². The van der Waals surface area contributed by atoms with Crippen molar-refractivity contribution in [2.45, 2.75) is 18.4 Å². The van der Waals surface area contributed by atoms with Crippen LogP contribution in [-0.2, 0) is 25.9 Å². The molecule has 0 aliphatic carbocycles. The second-order valence-electron chi connectivity index (χ2n) is 6.67. The molecular weight excluding hydrogens is 456 g/mol. The van der Waals surface area contributed by atoms with E-state index in [9.17, 15) is 18.0 Å². The molecule has 3 rings (SSSR count). The highest BCUT2D eigenvalue weighted by molar-refractivity contribution is 7.90. The number of hydrogen-bond donors (Lipinski definition) is 0. The summed E-state index contributed by atoms with van der Waals surface area (Å²) >= 11 is 1.18. The Morgan fingerprint density at radius 2 is 1.78 bits per heavy atom. The van der Waals surface area contributed by atoms with Crippen molar-refractivity contribution < 1.29 is 32.2 Å². The van der Waals surface area contributed by atoms with Gasteiger partial charge in [0.1, 0.15) is 6.54 Å². The Morgan fingerprint density at radius 3 is 2.41 bits per heavy atom. The average Bonchev–Trinajstić information content (AvgIpc) is 3.08. The van der Waals surface area contributed by atoms with E-state index < -0.39 is 21.7 Å². The topological polar surface area (TPSA) is 113 Å². The number of esters is 1. The summed E-state index contributed by atoms with van der Waals surface area (Å²) in [6.07, 6.45) is 1.06. The highest BCUT2D eigenvalue weighted by Gasteiger charge is 2.17. The SMILES string of the molecule is CCOC(=O)Cn1c(=NC(=O)c2cccc(S(C)(=O)=O)c2)sc2cc(OC)c(OC)cc21. The van der Waals surface area contributed by atoms with Crippen LogP contribution in [0, 0.1) is 0 Å². The van der Waals surface area contributed by atoms with Gasteiger partial charge in [-0.3, -0.25) is 9.59 Å². The predicted octanol–water partition coefficient (Wildman–Crippen LogP) is 2.43. The number of thiazole rings is 1. The fraction of sp³-hybridized carbons (Fsp3) is 0.286. The molecule has 0 unspecified atom stereocenters. The van der Waals surface area contributed by atoms with Crippen molar-refractivity contribution >= 4 is 43.3 Å². The summed E-state index contributed by atoms with van der Waals surface area (Å²) in [5, 5.41) is 0. The smallest absolute Gasteiger partial charge is 0.326 e. The Morgan fingerprint density at radius 1 is 1.09 bits per heavy atom. The number of fused-ring (bicyclic) bond motifs is 1. The van der Waals surface area contributed by atoms with Crippen molar-refractivity contribution in [1.82, 2.24) is 4.57 Å². The number of methoxy groups -OCH3 is 2. The molecule has 0 bridgehead atoms. The first-order chi connectivity index (χ1) is 15.2. The standard InChI is InChI=1S/C21H22N2O7S2/c1-5-30-19(24)12-23-15-10-16(28-2)17(29-3)11-18(15)31-21(23)22-20(25)13-7-6-8-14(9-13)32(4,26)27/h6-11H,5,12H2,1-4H3. The first-order valence-corrected chi connectivity index (χ1v) is 12.2. The van der Waals surface area contributed by atoms with Crippen LogP contribution < -0.4 is 14.3 Å². The van der Waals surface area contributed by atoms with E-state index >= 15 is 0 Å². The van der Waals surface area contributed by atoms with Crippen molar-refractivity contribution in [2.75, 3.05) is 27.1 Å². The number of rotatable bonds is 7. The maximum atomic E-state index is 12.8. The number of nitrogens with zero attached hydrogens (tertiary/aromatic N) is 2. The van der Waals surface area contributed by atoms with Crippen molar-refractivity contribution in [3.05, 3.63) is 46.8 Å². The Hall–Kier alpha value is -3.18. The van der Waals surface area contributed by atoms with E-state index in [4.69, 9.17) is 14.2 Å². The molecule has 9 nitrogen and oxygen atoms in total. The zero-order chi connectivity index (χ0) is 23.5. The van der Waals surface area contributed by atoms with E-state index in [0.29, 0.717) is 21.7 Å². The van der Waals surface area contributed by atoms with Gasteiger partial charge >= 0.3 is 5.97 Å². The molecule has 2 aromatic carbocycles. The zero-order valence-corrected chi connectivity index (χ0v) is 19.6. The van der Waals surface area contributed by atoms with Gasteiger partial charge in [0.25, 0.3) is 5.91 Å². The monoisotopic (exact) mass is 478 g/mol. The van der Waals surface area contributed by atoms with Gasteiger partial charge in [0, 0.05) is 24.0 Å². The largest absolute Gasteiger partial charge is 0.493 e. The number of carbonyl (C=O) groups is 2. The lowest BCUT2D eigenvalue weighted by Crippen LogP contribution is -2.23. The molecule has 3 aromatic rings. The minimum absolute atomic E-state index is 0.0174. The number of carbonyl (C=O) groups excluding carboxylic acids is 2. The third-order valence-corrected chi connectivity index (χ3v) is 6.64. The molecule has 1 aromatic heterocycles. The van der Waals surface area contributed by atoms with Crippen molar-refractivity contribution in [2.24, 2.45) is 4.99 Å². The number of hydrogen-bond acceptors (Lipinski definition) is 8. The normalized spacial score (nSPS) is 12.1. The maximum Gasteiger partial charge on any atom is 0.326 e. The molecule has 32 heavy (non-hydrogen) atoms. The van der Waals surface area contributed by atoms with Crippen LogP contribution in [0.3, 0.4) is 0 Å². The molecule has 11 heteroatoms. The summed E-state index contributed by atoms with van der Waals surface area (Å²) in [7, 11) is -0.481. The molecule has 0 aliphatic rings. The van der Waals surface area contributed by atoms with Gasteiger partial charge in [-0.15, -0.1) is 0 Å². The Labute approximate surface area is 188 Å². The molecule has 1 heterocycles. The number of ether oxygens (including phenoxy) is 3. The van der Waals surface area contributed by atoms with Gasteiger partial charge < -0.3 is 18.8 Å². The van der Waals surface area contributed by atoms with E-state index in [0.717, 1.165) is 6.26 Å². The first kappa shape index (κ1) is 23.5. The summed E-state index contributed by atoms with van der Waals surface area (Å²) in [4.78, 5) is 29.5. The number of aromatic nitrogens is 1. The van der Waals surface area contributed by atoms with E-state index in [2.05, 4.69) is 4.99 Å². The van der Waals surface area contributed by atoms with Crippen LogP contribution in [0.5, 0.6) is 11.5 Å². The molecule has 0 saturated heterocycles. The van der Waals surface area contributed by atoms with E-state index in [1.54, 1.807) is 23.6 Å². The van der Waals surface area contributed by atoms with Gasteiger partial charge in [-0.25, -0.2) is 8.42 Å². The molecule has 0 radical (unpaired) electrons. The van der Waals surface area contributed by atoms with Crippen LogP contribution in [0.4, 0.5) is 0 Å². The molecule has 0 saturated carbocycles. The minimum Gasteiger partial charge on any atom is -0.493 e. The number of amides is 1. The van der Waals surface area contributed by atoms with E-state index in [-0.39, 0.29) is 28.4 Å². The highest BCUT2D eigenvalue weighted by Crippen LogP contribution is 2.33. The van der Waals surface area contributed by atoms with Crippen LogP contribution >= 0.6 is 11.3 Å². The lowest BCUT2D eigenvalue weighted by atomic mass is 10.2. The molecule has 0 spiro atoms. The van der Waals surface area contributed by atoms with Gasteiger partial charge in [-0.1, -0.05) is 17.4 Å². The minimum atomic E-state index is -3.48. The fourth-order valence-corrected chi connectivity index (χ4v) is 4.69. The van der Waals surface area contributed by atoms with Gasteiger partial charge in [0.2, 0.25) is 0 Å². The Balaban J connectivity index is 2.18. The zero-order valence-electron chi connectivity index (χ0n) is 17.9. The molecule has 1 amide bonds. The van der Waals surface area contributed by atoms with Gasteiger partial charge in [-0.05, 0) is 25.1 Å². The predicted molar refractivity (Wildman–Crippen MR) is 119 cm³/mol. The van der Waals surface area contributed by atoms with Crippen LogP contribution in [0.2, 0.25) is 0 Å². The second kappa shape index (κ2) is 9.53. The molecule has 0 fully saturated rings. The lowest BCUT2D eigenvalue weighted by molar-refractivity contribution is -0.143. The van der Waals surface area contributed by atoms with E-state index in [1.165, 1.54) is 49.8 Å². The maximum absolute atomic E-state index is 12.8. The van der Waals surface area contributed by atoms with Crippen LogP contribution in [0.1, 0.15) is 17.3 Å². The molecule has 170 valence electrons. The summed E-state index contributed by atoms with van der Waals surface area (Å²) in [6, 6.07) is 9.06. The van der Waals surface area contributed by atoms with Gasteiger partial charge in [0.15, 0.2) is 26.1 Å². The van der Waals surface area contributed by atoms with Crippen LogP contribution in [0.25, 0.3) is 10.2 Å². The van der Waals surface area contributed by atoms with Gasteiger partial charge in [0.05, 0.1) is 35.9 Å².